The van der Waals surface area contributed by atoms with Crippen LogP contribution in [0.15, 0.2) is 285 Å². The van der Waals surface area contributed by atoms with Crippen LogP contribution in [0.5, 0.6) is 0 Å². The molecule has 141 heavy (non-hydrogen) atoms. The van der Waals surface area contributed by atoms with E-state index < -0.39 is 0 Å². The Bertz CT molecular complexity index is 8840. The first-order valence-electron chi connectivity index (χ1n) is 47.2. The summed E-state index contributed by atoms with van der Waals surface area (Å²) in [6.07, 6.45) is 23.7. The molecule has 0 bridgehead atoms. The summed E-state index contributed by atoms with van der Waals surface area (Å²) in [5.41, 5.74) is 24.5. The molecule has 0 aliphatic carbocycles. The monoisotopic (exact) mass is 1890 g/mol. The maximum atomic E-state index is 4.90. The van der Waals surface area contributed by atoms with Gasteiger partial charge in [0.25, 0.3) is 0 Å². The Morgan fingerprint density at radius 2 is 0.667 bits per heavy atom. The number of fused-ring (bicyclic) bond motifs is 16. The fraction of sp³-hybridized carbons (Fsp3) is 0.191. The molecule has 694 valence electrons. The lowest BCUT2D eigenvalue weighted by Crippen LogP contribution is -1.99. The van der Waals surface area contributed by atoms with Crippen LogP contribution in [0.4, 0.5) is 0 Å². The van der Waals surface area contributed by atoms with E-state index >= 15 is 0 Å². The van der Waals surface area contributed by atoms with Gasteiger partial charge in [-0.25, -0.2) is 62.4 Å². The van der Waals surface area contributed by atoms with Gasteiger partial charge in [0.15, 0.2) is 68.8 Å². The Balaban J connectivity index is 0.000000100. The zero-order chi connectivity index (χ0) is 95.8. The average Bonchev–Trinajstić information content (AvgIpc) is 1.54. The van der Waals surface area contributed by atoms with E-state index in [1.54, 1.807) is 27.2 Å². The molecule has 21 heterocycles. The van der Waals surface area contributed by atoms with E-state index in [9.17, 15) is 0 Å². The highest BCUT2D eigenvalue weighted by Crippen LogP contribution is 2.33. The highest BCUT2D eigenvalue weighted by molar-refractivity contribution is 7.25. The number of aryl methyl sites for hydroxylation is 20. The molecule has 5 aromatic carbocycles. The normalized spacial score (nSPS) is 11.5. The second-order valence-corrected chi connectivity index (χ2v) is 36.8. The van der Waals surface area contributed by atoms with E-state index in [1.165, 1.54) is 36.3 Å². The van der Waals surface area contributed by atoms with Gasteiger partial charge in [-0.2, -0.15) is 30.0 Å². The summed E-state index contributed by atoms with van der Waals surface area (Å²) >= 11 is 3.47. The van der Waals surface area contributed by atoms with Gasteiger partial charge in [0.2, 0.25) is 0 Å². The van der Waals surface area contributed by atoms with Crippen LogP contribution in [-0.4, -0.2) is 142 Å². The van der Waals surface area contributed by atoms with Crippen LogP contribution in [0, 0.1) is 55.4 Å². The molecule has 26 rings (SSSR count). The van der Waals surface area contributed by atoms with E-state index in [0.717, 1.165) is 281 Å². The number of nitrogens with zero attached hydrogens (tertiary/aromatic N) is 29. The van der Waals surface area contributed by atoms with Crippen molar-refractivity contribution in [3.63, 3.8) is 0 Å². The third kappa shape index (κ3) is 20.6. The molecule has 0 N–H and O–H groups in total. The molecular formula is C110H97N29S2. The molecule has 0 saturated heterocycles. The molecule has 26 aromatic rings. The molecule has 0 aliphatic heterocycles. The van der Waals surface area contributed by atoms with Crippen LogP contribution < -0.4 is 0 Å². The third-order valence-corrected chi connectivity index (χ3v) is 26.5. The third-order valence-electron chi connectivity index (χ3n) is 24.6. The molecule has 0 saturated carbocycles. The molecule has 0 fully saturated rings. The SMILES string of the molecule is Cc1cnc(C)n2nc(CCc3ccc4ccccc4n3)nc12.Cc1ncc(C)n2nc(CCCc3ccc4ccccc4n3)nc12.Cc1ncc(C)n2nc(CCc3ccc4ccsc4n3)nc12.Cc1ncc(C)n2nc(CCc3ccc4sc5ccccc5c4n3)nc12.c1ccc2nc(CCc3nc4ccccn4n3)ccc2c1.c1cnc2c(c1)ccc1ccc(CCc3nc4ccccn4n3)nc12. The predicted molar refractivity (Wildman–Crippen MR) is 555 cm³/mol. The van der Waals surface area contributed by atoms with Crippen LogP contribution in [0.1, 0.15) is 121 Å². The fourth-order valence-electron chi connectivity index (χ4n) is 17.0. The fourth-order valence-corrected chi connectivity index (χ4v) is 18.8. The van der Waals surface area contributed by atoms with Crippen LogP contribution in [-0.2, 0) is 77.0 Å². The van der Waals surface area contributed by atoms with Crippen molar-refractivity contribution in [3.8, 4) is 0 Å². The molecule has 0 atom stereocenters. The van der Waals surface area contributed by atoms with Gasteiger partial charge in [-0.05, 0) is 209 Å². The molecule has 29 nitrogen and oxygen atoms in total. The Morgan fingerprint density at radius 3 is 1.18 bits per heavy atom. The van der Waals surface area contributed by atoms with E-state index in [2.05, 4.69) is 246 Å². The summed E-state index contributed by atoms with van der Waals surface area (Å²) in [6, 6.07) is 80.4. The standard InChI is InChI=1S/C20H17N5S.C20H15N5.C19H19N5.C18H17N5.C17H14N4.C16H15N5S/c1-12-11-21-13(2)20-23-18(24-25(12)20)10-8-14-7-9-17-19(22-14)15-5-3-4-6-16(15)26-17;1-2-13-25-18(5-1)23-17(24-25)11-10-16-9-8-15-7-6-14-4-3-12-21-19(14)20(15)22-16;1-13-12-20-14(2)19-22-18(23-24(13)19)9-5-7-16-11-10-15-6-3-4-8-17(15)21-16;1-12-11-19-13(2)23-18(12)21-17(22-23)10-9-15-8-7-14-5-3-4-6-16(14)20-15;1-2-6-15-13(5-1)8-9-14(18-15)10-11-16-19-17-7-3-4-12-21(17)20-16;1-10-9-17-11(2)15-19-14(20-21(10)15)6-5-13-4-3-12-7-8-22-16(12)18-13/h3-7,9,11H,8,10H2,1-2H3;1-9,12-13H,10-11H2;3-4,6,8,10-12H,5,7,9H2,1-2H3;3-8,11H,9-10H2,1-2H3;1-9,12H,10-11H2;3-4,7-9H,5-6H2,1-2H3. The minimum absolute atomic E-state index is 0.762. The number of hydrogen-bond donors (Lipinski definition) is 0. The molecule has 21 aromatic heterocycles. The number of pyridine rings is 9. The quantitative estimate of drug-likeness (QED) is 0.0679. The van der Waals surface area contributed by atoms with Gasteiger partial charge in [-0.3, -0.25) is 44.9 Å². The van der Waals surface area contributed by atoms with E-state index in [1.807, 2.05) is 212 Å². The van der Waals surface area contributed by atoms with Gasteiger partial charge in [0.1, 0.15) is 10.7 Å². The van der Waals surface area contributed by atoms with Crippen molar-refractivity contribution in [2.75, 3.05) is 0 Å². The van der Waals surface area contributed by atoms with Crippen molar-refractivity contribution in [1.29, 1.82) is 0 Å². The summed E-state index contributed by atoms with van der Waals surface area (Å²) in [5.74, 6) is 5.93. The zero-order valence-electron chi connectivity index (χ0n) is 79.1. The van der Waals surface area contributed by atoms with Crippen LogP contribution in [0.3, 0.4) is 0 Å². The highest BCUT2D eigenvalue weighted by atomic mass is 32.1. The molecule has 0 unspecified atom stereocenters. The molecule has 31 heteroatoms. The minimum Gasteiger partial charge on any atom is -0.256 e. The number of para-hydroxylation sites is 3. The van der Waals surface area contributed by atoms with E-state index in [-0.39, 0.29) is 0 Å². The van der Waals surface area contributed by atoms with Crippen molar-refractivity contribution >= 4 is 142 Å². The topological polar surface area (TPSA) is 323 Å². The van der Waals surface area contributed by atoms with Crippen molar-refractivity contribution in [1.82, 2.24) is 142 Å². The van der Waals surface area contributed by atoms with Crippen molar-refractivity contribution < 1.29 is 0 Å². The van der Waals surface area contributed by atoms with Gasteiger partial charge >= 0.3 is 0 Å². The Kier molecular flexibility index (Phi) is 26.2. The summed E-state index contributed by atoms with van der Waals surface area (Å²) in [5, 5.41) is 37.6. The van der Waals surface area contributed by atoms with Gasteiger partial charge in [0.05, 0.1) is 72.0 Å². The molecule has 0 radical (unpaired) electrons. The van der Waals surface area contributed by atoms with E-state index in [4.69, 9.17) is 19.9 Å². The molecule has 0 aliphatic rings. The van der Waals surface area contributed by atoms with Crippen molar-refractivity contribution in [2.24, 2.45) is 0 Å². The first kappa shape index (κ1) is 90.5. The second-order valence-electron chi connectivity index (χ2n) is 34.8. The lowest BCUT2D eigenvalue weighted by Gasteiger charge is -2.05. The maximum absolute atomic E-state index is 4.90. The number of thiophene rings is 2. The van der Waals surface area contributed by atoms with Gasteiger partial charge in [-0.15, -0.1) is 27.8 Å². The number of hydrogen-bond acceptors (Lipinski definition) is 25. The predicted octanol–water partition coefficient (Wildman–Crippen LogP) is 20.6. The summed E-state index contributed by atoms with van der Waals surface area (Å²) in [7, 11) is 0. The lowest BCUT2D eigenvalue weighted by atomic mass is 10.1. The Hall–Kier alpha value is -16.9. The van der Waals surface area contributed by atoms with E-state index in [0.29, 0.717) is 0 Å². The van der Waals surface area contributed by atoms with Crippen molar-refractivity contribution in [3.05, 3.63) is 400 Å². The summed E-state index contributed by atoms with van der Waals surface area (Å²) < 4.78 is 13.6. The first-order valence-corrected chi connectivity index (χ1v) is 48.9. The smallest absolute Gasteiger partial charge is 0.177 e. The molecule has 0 spiro atoms. The van der Waals surface area contributed by atoms with Gasteiger partial charge in [0, 0.05) is 164 Å². The Labute approximate surface area is 817 Å². The highest BCUT2D eigenvalue weighted by Gasteiger charge is 2.18. The van der Waals surface area contributed by atoms with Crippen molar-refractivity contribution in [2.45, 2.75) is 139 Å². The minimum atomic E-state index is 0.762. The largest absolute Gasteiger partial charge is 0.256 e. The maximum Gasteiger partial charge on any atom is 0.177 e. The summed E-state index contributed by atoms with van der Waals surface area (Å²) in [4.78, 5) is 79.1. The number of benzene rings is 5. The second kappa shape index (κ2) is 40.8. The lowest BCUT2D eigenvalue weighted by molar-refractivity contribution is 0.750. The van der Waals surface area contributed by atoms with Gasteiger partial charge in [-0.1, -0.05) is 133 Å². The average molecular weight is 1890 g/mol. The number of aromatic nitrogens is 29. The molecular weight excluding hydrogens is 1790 g/mol. The number of rotatable bonds is 19. The van der Waals surface area contributed by atoms with Crippen LogP contribution in [0.2, 0.25) is 0 Å². The van der Waals surface area contributed by atoms with Gasteiger partial charge < -0.3 is 0 Å². The zero-order valence-corrected chi connectivity index (χ0v) is 80.7. The van der Waals surface area contributed by atoms with Crippen LogP contribution >= 0.6 is 22.7 Å². The summed E-state index contributed by atoms with van der Waals surface area (Å²) in [6.45, 7) is 15.8. The van der Waals surface area contributed by atoms with Crippen LogP contribution in [0.25, 0.3) is 119 Å². The molecule has 0 amide bonds. The first-order chi connectivity index (χ1) is 69.0. The Morgan fingerprint density at radius 1 is 0.262 bits per heavy atom.